The van der Waals surface area contributed by atoms with Gasteiger partial charge in [0, 0.05) is 44.6 Å². The van der Waals surface area contributed by atoms with Gasteiger partial charge in [-0.15, -0.1) is 0 Å². The Bertz CT molecular complexity index is 785. The van der Waals surface area contributed by atoms with Crippen LogP contribution in [-0.4, -0.2) is 46.3 Å². The van der Waals surface area contributed by atoms with Crippen molar-refractivity contribution in [1.82, 2.24) is 20.1 Å². The molecule has 1 aliphatic heterocycles. The molecule has 7 heteroatoms. The minimum atomic E-state index is 0.495. The summed E-state index contributed by atoms with van der Waals surface area (Å²) in [6, 6.07) is 3.75. The topological polar surface area (TPSA) is 71.8 Å². The van der Waals surface area contributed by atoms with E-state index < -0.39 is 0 Å². The maximum absolute atomic E-state index is 8.91. The zero-order valence-corrected chi connectivity index (χ0v) is 14.2. The zero-order chi connectivity index (χ0) is 16.5. The monoisotopic (exact) mass is 342 g/mol. The van der Waals surface area contributed by atoms with Crippen molar-refractivity contribution >= 4 is 17.4 Å². The predicted molar refractivity (Wildman–Crippen MR) is 92.1 cm³/mol. The molecule has 0 unspecified atom stereocenters. The van der Waals surface area contributed by atoms with Gasteiger partial charge >= 0.3 is 0 Å². The largest absolute Gasteiger partial charge is 0.353 e. The number of fused-ring (bicyclic) bond motifs is 1. The van der Waals surface area contributed by atoms with Gasteiger partial charge in [-0.1, -0.05) is 11.6 Å². The lowest BCUT2D eigenvalue weighted by atomic mass is 10.2. The van der Waals surface area contributed by atoms with Gasteiger partial charge in [0.2, 0.25) is 0 Å². The van der Waals surface area contributed by atoms with Crippen LogP contribution in [0.25, 0.3) is 0 Å². The molecule has 2 aliphatic rings. The number of aromatic nitrogens is 3. The van der Waals surface area contributed by atoms with Gasteiger partial charge in [0.15, 0.2) is 0 Å². The molecule has 1 fully saturated rings. The molecule has 1 aliphatic carbocycles. The van der Waals surface area contributed by atoms with Crippen LogP contribution < -0.4 is 4.90 Å². The van der Waals surface area contributed by atoms with Crippen LogP contribution in [0.1, 0.15) is 28.9 Å². The number of hydrogen-bond donors (Lipinski definition) is 1. The number of halogens is 1. The molecule has 0 aromatic carbocycles. The summed E-state index contributed by atoms with van der Waals surface area (Å²) in [6.07, 6.45) is 5.12. The first kappa shape index (κ1) is 15.4. The normalized spacial score (nSPS) is 17.8. The summed E-state index contributed by atoms with van der Waals surface area (Å²) >= 11 is 6.27. The van der Waals surface area contributed by atoms with Gasteiger partial charge in [0.25, 0.3) is 0 Å². The smallest absolute Gasteiger partial charge is 0.147 e. The summed E-state index contributed by atoms with van der Waals surface area (Å²) in [6.45, 7) is 4.59. The SMILES string of the molecule is N#Cc1cnc(N2CCN(Cc3n[nH]c4c3CCC4)CC2)c(Cl)c1. The predicted octanol–water partition coefficient (Wildman–Crippen LogP) is 2.14. The van der Waals surface area contributed by atoms with Crippen molar-refractivity contribution in [2.45, 2.75) is 25.8 Å². The van der Waals surface area contributed by atoms with Crippen molar-refractivity contribution in [2.75, 3.05) is 31.1 Å². The zero-order valence-electron chi connectivity index (χ0n) is 13.4. The molecule has 24 heavy (non-hydrogen) atoms. The highest BCUT2D eigenvalue weighted by atomic mass is 35.5. The van der Waals surface area contributed by atoms with Crippen LogP contribution in [0.4, 0.5) is 5.82 Å². The number of piperazine rings is 1. The highest BCUT2D eigenvalue weighted by Crippen LogP contribution is 2.26. The highest BCUT2D eigenvalue weighted by molar-refractivity contribution is 6.33. The number of nitrogens with zero attached hydrogens (tertiary/aromatic N) is 5. The molecule has 0 spiro atoms. The summed E-state index contributed by atoms with van der Waals surface area (Å²) < 4.78 is 0. The molecule has 0 amide bonds. The Hall–Kier alpha value is -2.10. The van der Waals surface area contributed by atoms with E-state index in [2.05, 4.69) is 31.1 Å². The van der Waals surface area contributed by atoms with Crippen LogP contribution in [0.15, 0.2) is 12.3 Å². The first-order valence-electron chi connectivity index (χ1n) is 8.32. The second-order valence-corrected chi connectivity index (χ2v) is 6.79. The van der Waals surface area contributed by atoms with E-state index in [1.807, 2.05) is 0 Å². The summed E-state index contributed by atoms with van der Waals surface area (Å²) in [5.74, 6) is 0.774. The van der Waals surface area contributed by atoms with E-state index >= 15 is 0 Å². The lowest BCUT2D eigenvalue weighted by Crippen LogP contribution is -2.46. The van der Waals surface area contributed by atoms with E-state index in [1.165, 1.54) is 23.4 Å². The minimum absolute atomic E-state index is 0.495. The number of H-pyrrole nitrogens is 1. The molecule has 0 radical (unpaired) electrons. The fraction of sp³-hybridized carbons (Fsp3) is 0.471. The van der Waals surface area contributed by atoms with Crippen LogP contribution in [0.3, 0.4) is 0 Å². The Morgan fingerprint density at radius 3 is 2.83 bits per heavy atom. The van der Waals surface area contributed by atoms with Crippen LogP contribution in [-0.2, 0) is 19.4 Å². The molecular formula is C17H19ClN6. The Morgan fingerprint density at radius 1 is 1.25 bits per heavy atom. The minimum Gasteiger partial charge on any atom is -0.353 e. The summed E-state index contributed by atoms with van der Waals surface area (Å²) in [5.41, 5.74) is 4.48. The number of anilines is 1. The number of aromatic amines is 1. The molecule has 124 valence electrons. The molecule has 2 aromatic rings. The maximum atomic E-state index is 8.91. The number of pyridine rings is 1. The lowest BCUT2D eigenvalue weighted by molar-refractivity contribution is 0.246. The van der Waals surface area contributed by atoms with Gasteiger partial charge in [0.1, 0.15) is 11.9 Å². The highest BCUT2D eigenvalue weighted by Gasteiger charge is 2.24. The first-order valence-corrected chi connectivity index (χ1v) is 8.70. The number of aryl methyl sites for hydroxylation is 1. The Balaban J connectivity index is 1.39. The Labute approximate surface area is 146 Å². The van der Waals surface area contributed by atoms with Gasteiger partial charge in [-0.05, 0) is 30.9 Å². The van der Waals surface area contributed by atoms with E-state index in [9.17, 15) is 0 Å². The molecule has 6 nitrogen and oxygen atoms in total. The van der Waals surface area contributed by atoms with Crippen molar-refractivity contribution in [3.05, 3.63) is 39.8 Å². The van der Waals surface area contributed by atoms with Gasteiger partial charge in [-0.2, -0.15) is 10.4 Å². The maximum Gasteiger partial charge on any atom is 0.147 e. The molecule has 1 saturated heterocycles. The Morgan fingerprint density at radius 2 is 2.08 bits per heavy atom. The lowest BCUT2D eigenvalue weighted by Gasteiger charge is -2.35. The average Bonchev–Trinajstić information content (AvgIpc) is 3.21. The van der Waals surface area contributed by atoms with Crippen molar-refractivity contribution in [3.8, 4) is 6.07 Å². The van der Waals surface area contributed by atoms with Gasteiger partial charge < -0.3 is 4.90 Å². The fourth-order valence-corrected chi connectivity index (χ4v) is 3.86. The molecule has 0 atom stereocenters. The standard InChI is InChI=1S/C17H19ClN6/c18-14-8-12(9-19)10-20-17(14)24-6-4-23(5-7-24)11-16-13-2-1-3-15(13)21-22-16/h8,10H,1-7,11H2,(H,21,22). The summed E-state index contributed by atoms with van der Waals surface area (Å²) in [5, 5.41) is 17.1. The van der Waals surface area contributed by atoms with E-state index in [-0.39, 0.29) is 0 Å². The fourth-order valence-electron chi connectivity index (χ4n) is 3.57. The third-order valence-electron chi connectivity index (χ3n) is 4.89. The van der Waals surface area contributed by atoms with Crippen molar-refractivity contribution in [3.63, 3.8) is 0 Å². The number of nitrogens with one attached hydrogen (secondary N) is 1. The molecule has 2 aromatic heterocycles. The average molecular weight is 343 g/mol. The second-order valence-electron chi connectivity index (χ2n) is 6.39. The Kier molecular flexibility index (Phi) is 4.13. The number of nitriles is 1. The summed E-state index contributed by atoms with van der Waals surface area (Å²) in [4.78, 5) is 8.98. The van der Waals surface area contributed by atoms with E-state index in [0.29, 0.717) is 10.6 Å². The van der Waals surface area contributed by atoms with Crippen LogP contribution in [0.2, 0.25) is 5.02 Å². The second kappa shape index (κ2) is 6.42. The van der Waals surface area contributed by atoms with Crippen molar-refractivity contribution < 1.29 is 0 Å². The van der Waals surface area contributed by atoms with E-state index in [0.717, 1.165) is 51.4 Å². The van der Waals surface area contributed by atoms with E-state index in [4.69, 9.17) is 16.9 Å². The van der Waals surface area contributed by atoms with Crippen LogP contribution >= 0.6 is 11.6 Å². The number of hydrogen-bond acceptors (Lipinski definition) is 5. The molecule has 4 rings (SSSR count). The van der Waals surface area contributed by atoms with Gasteiger partial charge in [-0.3, -0.25) is 10.00 Å². The number of rotatable bonds is 3. The molecule has 0 saturated carbocycles. The first-order chi connectivity index (χ1) is 11.7. The molecule has 3 heterocycles. The van der Waals surface area contributed by atoms with E-state index in [1.54, 1.807) is 12.3 Å². The van der Waals surface area contributed by atoms with Crippen LogP contribution in [0, 0.1) is 11.3 Å². The molecule has 0 bridgehead atoms. The third kappa shape index (κ3) is 2.85. The third-order valence-corrected chi connectivity index (χ3v) is 5.17. The van der Waals surface area contributed by atoms with Crippen molar-refractivity contribution in [1.29, 1.82) is 5.26 Å². The van der Waals surface area contributed by atoms with Gasteiger partial charge in [0.05, 0.1) is 16.3 Å². The molecular weight excluding hydrogens is 324 g/mol. The molecule has 1 N–H and O–H groups in total. The van der Waals surface area contributed by atoms with Gasteiger partial charge in [-0.25, -0.2) is 4.98 Å². The van der Waals surface area contributed by atoms with Crippen molar-refractivity contribution in [2.24, 2.45) is 0 Å². The quantitative estimate of drug-likeness (QED) is 0.925. The van der Waals surface area contributed by atoms with Crippen LogP contribution in [0.5, 0.6) is 0 Å². The summed E-state index contributed by atoms with van der Waals surface area (Å²) in [7, 11) is 0.